The highest BCUT2D eigenvalue weighted by Crippen LogP contribution is 2.25. The van der Waals surface area contributed by atoms with Crippen LogP contribution in [0.5, 0.6) is 0 Å². The molecule has 1 aliphatic heterocycles. The number of nitrogens with zero attached hydrogens (tertiary/aromatic N) is 2. The van der Waals surface area contributed by atoms with Crippen molar-refractivity contribution in [3.05, 3.63) is 99.6 Å². The van der Waals surface area contributed by atoms with Crippen molar-refractivity contribution >= 4 is 28.6 Å². The molecule has 0 radical (unpaired) electrons. The lowest BCUT2D eigenvalue weighted by molar-refractivity contribution is -0.908. The van der Waals surface area contributed by atoms with Gasteiger partial charge < -0.3 is 15.0 Å². The zero-order valence-electron chi connectivity index (χ0n) is 21.9. The smallest absolute Gasteiger partial charge is 0.266 e. The molecule has 5 rings (SSSR count). The van der Waals surface area contributed by atoms with Crippen molar-refractivity contribution in [2.45, 2.75) is 24.3 Å². The Labute approximate surface area is 231 Å². The Hall–Kier alpha value is -3.53. The molecule has 2 N–H and O–H groups in total. The minimum atomic E-state index is -0.378. The van der Waals surface area contributed by atoms with Gasteiger partial charge in [0.05, 0.1) is 36.3 Å². The van der Waals surface area contributed by atoms with Crippen LogP contribution in [0, 0.1) is 12.7 Å². The standard InChI is InChI=1S/C30H31FN4O3S/c1-21-3-5-22(6-4-21)20-39-30-33-27-19-23(28(36)32-13-2-14-34-15-17-38-18-16-34)7-12-26(27)29(37)35(30)25-10-8-24(31)9-11-25/h3-12,19H,2,13-18,20H2,1H3,(H,32,36)/p+1. The number of amides is 1. The number of aromatic nitrogens is 2. The fourth-order valence-electron chi connectivity index (χ4n) is 4.61. The van der Waals surface area contributed by atoms with Gasteiger partial charge in [-0.25, -0.2) is 9.37 Å². The van der Waals surface area contributed by atoms with Crippen molar-refractivity contribution in [3.8, 4) is 5.69 Å². The number of rotatable bonds is 9. The number of fused-ring (bicyclic) bond motifs is 1. The molecule has 1 aliphatic rings. The molecule has 1 amide bonds. The molecule has 2 heterocycles. The first-order chi connectivity index (χ1) is 19.0. The minimum Gasteiger partial charge on any atom is -0.370 e. The molecule has 1 fully saturated rings. The van der Waals surface area contributed by atoms with Gasteiger partial charge in [0.25, 0.3) is 11.5 Å². The van der Waals surface area contributed by atoms with Crippen LogP contribution < -0.4 is 15.8 Å². The van der Waals surface area contributed by atoms with Gasteiger partial charge in [-0.2, -0.15) is 0 Å². The lowest BCUT2D eigenvalue weighted by Gasteiger charge is -2.23. The maximum atomic E-state index is 13.6. The molecule has 202 valence electrons. The van der Waals surface area contributed by atoms with E-state index in [2.05, 4.69) is 5.32 Å². The van der Waals surface area contributed by atoms with Crippen molar-refractivity contribution in [2.75, 3.05) is 39.4 Å². The number of quaternary nitrogens is 1. The van der Waals surface area contributed by atoms with E-state index in [0.717, 1.165) is 44.8 Å². The third-order valence-corrected chi connectivity index (χ3v) is 7.88. The second-order valence-corrected chi connectivity index (χ2v) is 10.7. The highest BCUT2D eigenvalue weighted by atomic mass is 32.2. The van der Waals surface area contributed by atoms with E-state index < -0.39 is 0 Å². The van der Waals surface area contributed by atoms with Crippen LogP contribution in [0.2, 0.25) is 0 Å². The lowest BCUT2D eigenvalue weighted by atomic mass is 10.1. The molecular weight excluding hydrogens is 515 g/mol. The fraction of sp³-hybridized carbons (Fsp3) is 0.300. The molecule has 0 saturated carbocycles. The van der Waals surface area contributed by atoms with E-state index in [9.17, 15) is 14.0 Å². The average molecular weight is 548 g/mol. The van der Waals surface area contributed by atoms with E-state index in [1.807, 2.05) is 31.2 Å². The lowest BCUT2D eigenvalue weighted by Crippen LogP contribution is -3.14. The molecule has 1 saturated heterocycles. The van der Waals surface area contributed by atoms with Gasteiger partial charge in [-0.1, -0.05) is 41.6 Å². The van der Waals surface area contributed by atoms with Gasteiger partial charge in [0.2, 0.25) is 0 Å². The quantitative estimate of drug-likeness (QED) is 0.191. The number of hydrogen-bond donors (Lipinski definition) is 2. The maximum Gasteiger partial charge on any atom is 0.266 e. The second kappa shape index (κ2) is 12.5. The summed E-state index contributed by atoms with van der Waals surface area (Å²) in [5.74, 6) is 0.0359. The van der Waals surface area contributed by atoms with E-state index in [1.165, 1.54) is 38.9 Å². The summed E-state index contributed by atoms with van der Waals surface area (Å²) >= 11 is 1.42. The molecule has 1 aromatic heterocycles. The number of hydrogen-bond acceptors (Lipinski definition) is 5. The first-order valence-corrected chi connectivity index (χ1v) is 14.2. The van der Waals surface area contributed by atoms with Gasteiger partial charge in [0.15, 0.2) is 5.16 Å². The number of benzene rings is 3. The number of halogens is 1. The number of carbonyl (C=O) groups excluding carboxylic acids is 1. The number of ether oxygens (including phenoxy) is 1. The topological polar surface area (TPSA) is 77.7 Å². The molecule has 7 nitrogen and oxygen atoms in total. The number of nitrogens with one attached hydrogen (secondary N) is 2. The zero-order chi connectivity index (χ0) is 27.2. The van der Waals surface area contributed by atoms with Crippen LogP contribution in [0.4, 0.5) is 4.39 Å². The Morgan fingerprint density at radius 2 is 1.82 bits per heavy atom. The minimum absolute atomic E-state index is 0.188. The molecule has 0 unspecified atom stereocenters. The largest absolute Gasteiger partial charge is 0.370 e. The second-order valence-electron chi connectivity index (χ2n) is 9.74. The van der Waals surface area contributed by atoms with Crippen molar-refractivity contribution in [1.82, 2.24) is 14.9 Å². The van der Waals surface area contributed by atoms with Crippen LogP contribution >= 0.6 is 11.8 Å². The maximum absolute atomic E-state index is 13.6. The number of aryl methyl sites for hydroxylation is 1. The molecule has 0 aliphatic carbocycles. The Bertz CT molecular complexity index is 1500. The Morgan fingerprint density at radius 1 is 1.08 bits per heavy atom. The molecule has 4 aromatic rings. The van der Waals surface area contributed by atoms with Crippen LogP contribution in [0.15, 0.2) is 76.7 Å². The van der Waals surface area contributed by atoms with Crippen LogP contribution in [0.25, 0.3) is 16.6 Å². The molecule has 0 atom stereocenters. The predicted molar refractivity (Wildman–Crippen MR) is 151 cm³/mol. The predicted octanol–water partition coefficient (Wildman–Crippen LogP) is 3.16. The van der Waals surface area contributed by atoms with Gasteiger partial charge in [-0.05, 0) is 55.0 Å². The van der Waals surface area contributed by atoms with Crippen molar-refractivity contribution in [1.29, 1.82) is 0 Å². The Morgan fingerprint density at radius 3 is 2.56 bits per heavy atom. The molecule has 3 aromatic carbocycles. The molecule has 39 heavy (non-hydrogen) atoms. The Balaban J connectivity index is 1.39. The van der Waals surface area contributed by atoms with Crippen molar-refractivity contribution in [3.63, 3.8) is 0 Å². The van der Waals surface area contributed by atoms with Gasteiger partial charge in [-0.15, -0.1) is 0 Å². The molecule has 0 bridgehead atoms. The SMILES string of the molecule is Cc1ccc(CSc2nc3cc(C(=O)NCCC[NH+]4CCOCC4)ccc3c(=O)n2-c2ccc(F)cc2)cc1. The summed E-state index contributed by atoms with van der Waals surface area (Å²) in [6, 6.07) is 19.0. The van der Waals surface area contributed by atoms with Gasteiger partial charge >= 0.3 is 0 Å². The highest BCUT2D eigenvalue weighted by molar-refractivity contribution is 7.98. The van der Waals surface area contributed by atoms with E-state index in [-0.39, 0.29) is 17.3 Å². The summed E-state index contributed by atoms with van der Waals surface area (Å²) < 4.78 is 20.5. The van der Waals surface area contributed by atoms with E-state index in [4.69, 9.17) is 9.72 Å². The van der Waals surface area contributed by atoms with Gasteiger partial charge in [-0.3, -0.25) is 14.2 Å². The van der Waals surface area contributed by atoms with Crippen LogP contribution in [-0.4, -0.2) is 54.9 Å². The Kier molecular flexibility index (Phi) is 8.71. The average Bonchev–Trinajstić information content (AvgIpc) is 2.96. The third-order valence-electron chi connectivity index (χ3n) is 6.87. The first kappa shape index (κ1) is 27.1. The normalized spacial score (nSPS) is 14.0. The monoisotopic (exact) mass is 547 g/mol. The van der Waals surface area contributed by atoms with Gasteiger partial charge in [0, 0.05) is 24.3 Å². The first-order valence-electron chi connectivity index (χ1n) is 13.2. The van der Waals surface area contributed by atoms with Crippen LogP contribution in [0.1, 0.15) is 27.9 Å². The summed E-state index contributed by atoms with van der Waals surface area (Å²) in [6.07, 6.45) is 0.884. The van der Waals surface area contributed by atoms with E-state index in [1.54, 1.807) is 30.3 Å². The van der Waals surface area contributed by atoms with E-state index >= 15 is 0 Å². The molecule has 9 heteroatoms. The number of thioether (sulfide) groups is 1. The third kappa shape index (κ3) is 6.73. The molecule has 0 spiro atoms. The summed E-state index contributed by atoms with van der Waals surface area (Å²) in [5.41, 5.74) is 3.45. The number of carbonyl (C=O) groups is 1. The summed E-state index contributed by atoms with van der Waals surface area (Å²) in [7, 11) is 0. The zero-order valence-corrected chi connectivity index (χ0v) is 22.7. The highest BCUT2D eigenvalue weighted by Gasteiger charge is 2.17. The summed E-state index contributed by atoms with van der Waals surface area (Å²) in [4.78, 5) is 32.8. The number of morpholine rings is 1. The van der Waals surface area contributed by atoms with E-state index in [0.29, 0.717) is 39.6 Å². The van der Waals surface area contributed by atoms with Crippen LogP contribution in [0.3, 0.4) is 0 Å². The van der Waals surface area contributed by atoms with Crippen molar-refractivity contribution < 1.29 is 18.8 Å². The van der Waals surface area contributed by atoms with Crippen molar-refractivity contribution in [2.24, 2.45) is 0 Å². The summed E-state index contributed by atoms with van der Waals surface area (Å²) in [5, 5.41) is 3.86. The van der Waals surface area contributed by atoms with Crippen LogP contribution in [-0.2, 0) is 10.5 Å². The molecular formula is C30H32FN4O3S+. The fourth-order valence-corrected chi connectivity index (χ4v) is 5.57. The van der Waals surface area contributed by atoms with Gasteiger partial charge in [0.1, 0.15) is 18.9 Å². The summed E-state index contributed by atoms with van der Waals surface area (Å²) in [6.45, 7) is 7.20.